The molecule has 0 bridgehead atoms. The Hall–Kier alpha value is -2.25. The third-order valence-corrected chi connectivity index (χ3v) is 4.03. The van der Waals surface area contributed by atoms with Crippen molar-refractivity contribution in [3.05, 3.63) is 51.4 Å². The minimum absolute atomic E-state index is 0.114. The second-order valence-corrected chi connectivity index (χ2v) is 6.48. The molecule has 0 aliphatic rings. The van der Waals surface area contributed by atoms with Gasteiger partial charge >= 0.3 is 0 Å². The van der Waals surface area contributed by atoms with Crippen molar-refractivity contribution < 1.29 is 4.74 Å². The summed E-state index contributed by atoms with van der Waals surface area (Å²) in [5.74, 6) is 1.44. The first-order valence-corrected chi connectivity index (χ1v) is 8.44. The maximum Gasteiger partial charge on any atom is 0.216 e. The third kappa shape index (κ3) is 3.75. The molecule has 0 saturated heterocycles. The molecular weight excluding hydrogens is 328 g/mol. The minimum Gasteiger partial charge on any atom is -0.491 e. The van der Waals surface area contributed by atoms with Crippen LogP contribution in [0.4, 0.5) is 0 Å². The van der Waals surface area contributed by atoms with Gasteiger partial charge in [0.25, 0.3) is 0 Å². The lowest BCUT2D eigenvalue weighted by molar-refractivity contribution is 0.242. The van der Waals surface area contributed by atoms with E-state index in [0.29, 0.717) is 10.6 Å². The second kappa shape index (κ2) is 6.89. The second-order valence-electron chi connectivity index (χ2n) is 5.12. The fourth-order valence-corrected chi connectivity index (χ4v) is 2.80. The number of benzene rings is 1. The number of nitrogens with one attached hydrogen (secondary N) is 1. The van der Waals surface area contributed by atoms with Crippen LogP contribution in [0.2, 0.25) is 0 Å². The highest BCUT2D eigenvalue weighted by molar-refractivity contribution is 7.71. The van der Waals surface area contributed by atoms with Crippen LogP contribution in [-0.2, 0) is 0 Å². The van der Waals surface area contributed by atoms with Gasteiger partial charge in [0.1, 0.15) is 5.75 Å². The molecule has 23 heavy (non-hydrogen) atoms. The van der Waals surface area contributed by atoms with Crippen molar-refractivity contribution in [2.24, 2.45) is 5.10 Å². The number of ether oxygens (including phenoxy) is 1. The van der Waals surface area contributed by atoms with Crippen LogP contribution in [0.25, 0.3) is 11.4 Å². The number of nitrogens with zero attached hydrogens (tertiary/aromatic N) is 3. The smallest absolute Gasteiger partial charge is 0.216 e. The van der Waals surface area contributed by atoms with E-state index in [1.807, 2.05) is 55.6 Å². The molecule has 1 aromatic carbocycles. The van der Waals surface area contributed by atoms with Gasteiger partial charge in [-0.25, -0.2) is 5.10 Å². The van der Waals surface area contributed by atoms with E-state index in [9.17, 15) is 0 Å². The normalized spacial score (nSPS) is 11.4. The van der Waals surface area contributed by atoms with E-state index in [2.05, 4.69) is 15.3 Å². The lowest BCUT2D eigenvalue weighted by Gasteiger charge is -2.10. The summed E-state index contributed by atoms with van der Waals surface area (Å²) in [6, 6.07) is 11.7. The third-order valence-electron chi connectivity index (χ3n) is 2.96. The lowest BCUT2D eigenvalue weighted by Crippen LogP contribution is -2.05. The van der Waals surface area contributed by atoms with Gasteiger partial charge in [0.15, 0.2) is 5.82 Å². The molecule has 0 aliphatic carbocycles. The number of H-pyrrole nitrogens is 1. The van der Waals surface area contributed by atoms with Crippen LogP contribution in [0.15, 0.2) is 46.9 Å². The molecule has 7 heteroatoms. The zero-order valence-electron chi connectivity index (χ0n) is 12.8. The average molecular weight is 344 g/mol. The number of rotatable bonds is 5. The molecule has 0 unspecified atom stereocenters. The van der Waals surface area contributed by atoms with Crippen LogP contribution in [0, 0.1) is 4.77 Å². The van der Waals surface area contributed by atoms with Crippen LogP contribution in [0.3, 0.4) is 0 Å². The average Bonchev–Trinajstić information content (AvgIpc) is 3.14. The number of hydrogen-bond acceptors (Lipinski definition) is 5. The Morgan fingerprint density at radius 2 is 2.22 bits per heavy atom. The predicted molar refractivity (Wildman–Crippen MR) is 95.9 cm³/mol. The summed E-state index contributed by atoms with van der Waals surface area (Å²) in [5.41, 5.74) is 0.888. The fraction of sp³-hybridized carbons (Fsp3) is 0.188. The van der Waals surface area contributed by atoms with Gasteiger partial charge in [-0.15, -0.1) is 11.3 Å². The summed E-state index contributed by atoms with van der Waals surface area (Å²) in [6.07, 6.45) is 1.89. The maximum absolute atomic E-state index is 5.73. The molecule has 2 aromatic heterocycles. The fourth-order valence-electron chi connectivity index (χ4n) is 2.05. The Morgan fingerprint density at radius 3 is 2.96 bits per heavy atom. The van der Waals surface area contributed by atoms with Crippen molar-refractivity contribution in [3.63, 3.8) is 0 Å². The summed E-state index contributed by atoms with van der Waals surface area (Å²) in [4.78, 5) is 1.05. The molecule has 5 nitrogen and oxygen atoms in total. The molecule has 0 spiro atoms. The molecule has 0 aliphatic heterocycles. The van der Waals surface area contributed by atoms with Crippen LogP contribution in [0.1, 0.15) is 18.7 Å². The van der Waals surface area contributed by atoms with Crippen molar-refractivity contribution in [2.75, 3.05) is 0 Å². The zero-order chi connectivity index (χ0) is 16.2. The van der Waals surface area contributed by atoms with E-state index in [1.54, 1.807) is 22.2 Å². The Labute approximate surface area is 143 Å². The first-order chi connectivity index (χ1) is 11.1. The Bertz CT molecular complexity index is 862. The molecule has 2 heterocycles. The summed E-state index contributed by atoms with van der Waals surface area (Å²) < 4.78 is 7.79. The van der Waals surface area contributed by atoms with Gasteiger partial charge in [-0.1, -0.05) is 18.2 Å². The topological polar surface area (TPSA) is 55.2 Å². The molecule has 3 rings (SSSR count). The van der Waals surface area contributed by atoms with Crippen LogP contribution in [-0.4, -0.2) is 27.2 Å². The van der Waals surface area contributed by atoms with Gasteiger partial charge in [-0.05, 0) is 49.6 Å². The van der Waals surface area contributed by atoms with Gasteiger partial charge in [0.2, 0.25) is 4.77 Å². The summed E-state index contributed by atoms with van der Waals surface area (Å²) >= 11 is 6.89. The molecule has 3 aromatic rings. The molecule has 0 fully saturated rings. The number of aromatic nitrogens is 3. The standard InChI is InChI=1S/C16H16N4OS2/c1-11(2)21-13-6-3-5-12(9-13)15-18-19-16(22)20(15)17-10-14-7-4-8-23-14/h3-11H,1-2H3,(H,19,22)/b17-10-. The van der Waals surface area contributed by atoms with Crippen molar-refractivity contribution in [2.45, 2.75) is 20.0 Å². The highest BCUT2D eigenvalue weighted by Crippen LogP contribution is 2.23. The van der Waals surface area contributed by atoms with E-state index in [4.69, 9.17) is 17.0 Å². The quantitative estimate of drug-likeness (QED) is 0.553. The Balaban J connectivity index is 1.96. The molecule has 0 atom stereocenters. The van der Waals surface area contributed by atoms with Crippen LogP contribution >= 0.6 is 23.6 Å². The summed E-state index contributed by atoms with van der Waals surface area (Å²) in [6.45, 7) is 3.99. The van der Waals surface area contributed by atoms with Gasteiger partial charge in [0, 0.05) is 10.4 Å². The summed E-state index contributed by atoms with van der Waals surface area (Å²) in [5, 5.41) is 13.5. The molecular formula is C16H16N4OS2. The Morgan fingerprint density at radius 1 is 1.35 bits per heavy atom. The highest BCUT2D eigenvalue weighted by Gasteiger charge is 2.09. The largest absolute Gasteiger partial charge is 0.491 e. The van der Waals surface area contributed by atoms with Gasteiger partial charge in [0.05, 0.1) is 12.3 Å². The SMILES string of the molecule is CC(C)Oc1cccc(-c2n[nH]c(=S)n2/N=C\c2cccs2)c1. The number of aromatic amines is 1. The van der Waals surface area contributed by atoms with Crippen molar-refractivity contribution in [1.29, 1.82) is 0 Å². The lowest BCUT2D eigenvalue weighted by atomic mass is 10.2. The molecule has 0 amide bonds. The van der Waals surface area contributed by atoms with E-state index in [0.717, 1.165) is 16.2 Å². The monoisotopic (exact) mass is 344 g/mol. The van der Waals surface area contributed by atoms with Crippen molar-refractivity contribution in [1.82, 2.24) is 14.9 Å². The Kier molecular flexibility index (Phi) is 4.68. The summed E-state index contributed by atoms with van der Waals surface area (Å²) in [7, 11) is 0. The molecule has 0 saturated carbocycles. The number of thiophene rings is 1. The first-order valence-electron chi connectivity index (χ1n) is 7.16. The number of hydrogen-bond donors (Lipinski definition) is 1. The van der Waals surface area contributed by atoms with Crippen molar-refractivity contribution >= 4 is 29.8 Å². The van der Waals surface area contributed by atoms with Crippen molar-refractivity contribution in [3.8, 4) is 17.1 Å². The molecule has 0 radical (unpaired) electrons. The maximum atomic E-state index is 5.73. The zero-order valence-corrected chi connectivity index (χ0v) is 14.4. The van der Waals surface area contributed by atoms with Gasteiger partial charge in [-0.2, -0.15) is 14.9 Å². The van der Waals surface area contributed by atoms with E-state index >= 15 is 0 Å². The van der Waals surface area contributed by atoms with Gasteiger partial charge in [-0.3, -0.25) is 0 Å². The van der Waals surface area contributed by atoms with E-state index in [1.165, 1.54) is 0 Å². The first kappa shape index (κ1) is 15.6. The van der Waals surface area contributed by atoms with E-state index < -0.39 is 0 Å². The van der Waals surface area contributed by atoms with E-state index in [-0.39, 0.29) is 6.10 Å². The minimum atomic E-state index is 0.114. The van der Waals surface area contributed by atoms with Crippen LogP contribution in [0.5, 0.6) is 5.75 Å². The molecule has 1 N–H and O–H groups in total. The van der Waals surface area contributed by atoms with Gasteiger partial charge < -0.3 is 4.74 Å². The van der Waals surface area contributed by atoms with Crippen LogP contribution < -0.4 is 4.74 Å². The molecule has 118 valence electrons. The highest BCUT2D eigenvalue weighted by atomic mass is 32.1. The predicted octanol–water partition coefficient (Wildman–Crippen LogP) is 4.34.